The Labute approximate surface area is 97.3 Å². The number of hydrogen-bond donors (Lipinski definition) is 2. The third-order valence-electron chi connectivity index (χ3n) is 2.86. The zero-order valence-corrected chi connectivity index (χ0v) is 9.94. The maximum absolute atomic E-state index is 9.19. The van der Waals surface area contributed by atoms with Gasteiger partial charge in [-0.2, -0.15) is 0 Å². The summed E-state index contributed by atoms with van der Waals surface area (Å²) < 4.78 is 0.776. The fourth-order valence-electron chi connectivity index (χ4n) is 2.05. The number of rotatable bonds is 3. The normalized spacial score (nSPS) is 25.5. The van der Waals surface area contributed by atoms with E-state index in [-0.39, 0.29) is 6.61 Å². The molecular weight excluding hydrogens is 258 g/mol. The summed E-state index contributed by atoms with van der Waals surface area (Å²) >= 11 is 3.30. The van der Waals surface area contributed by atoms with Gasteiger partial charge in [0.2, 0.25) is 0 Å². The highest BCUT2D eigenvalue weighted by molar-refractivity contribution is 9.10. The van der Waals surface area contributed by atoms with Gasteiger partial charge in [-0.05, 0) is 28.8 Å². The minimum Gasteiger partial charge on any atom is -0.396 e. The molecule has 1 fully saturated rings. The first-order chi connectivity index (χ1) is 7.29. The highest BCUT2D eigenvalue weighted by atomic mass is 79.9. The van der Waals surface area contributed by atoms with Gasteiger partial charge in [-0.25, -0.2) is 9.97 Å². The molecule has 1 aromatic heterocycles. The third-order valence-corrected chi connectivity index (χ3v) is 3.29. The molecule has 0 saturated heterocycles. The van der Waals surface area contributed by atoms with Crippen molar-refractivity contribution in [3.63, 3.8) is 0 Å². The second-order valence-electron chi connectivity index (χ2n) is 3.85. The van der Waals surface area contributed by atoms with Crippen molar-refractivity contribution in [1.29, 1.82) is 0 Å². The van der Waals surface area contributed by atoms with Crippen molar-refractivity contribution in [2.45, 2.75) is 25.3 Å². The van der Waals surface area contributed by atoms with Gasteiger partial charge in [0.05, 0.1) is 0 Å². The molecule has 1 heterocycles. The van der Waals surface area contributed by atoms with E-state index in [0.29, 0.717) is 12.0 Å². The van der Waals surface area contributed by atoms with Crippen LogP contribution in [0.1, 0.15) is 19.3 Å². The van der Waals surface area contributed by atoms with E-state index in [1.54, 1.807) is 0 Å². The van der Waals surface area contributed by atoms with Crippen molar-refractivity contribution < 1.29 is 5.11 Å². The molecule has 0 spiro atoms. The van der Waals surface area contributed by atoms with Crippen molar-refractivity contribution in [3.05, 3.63) is 17.0 Å². The Morgan fingerprint density at radius 2 is 2.33 bits per heavy atom. The Morgan fingerprint density at radius 3 is 3.07 bits per heavy atom. The lowest BCUT2D eigenvalue weighted by atomic mass is 10.1. The van der Waals surface area contributed by atoms with Crippen molar-refractivity contribution in [3.8, 4) is 0 Å². The Bertz CT molecular complexity index is 334. The summed E-state index contributed by atoms with van der Waals surface area (Å²) in [5, 5.41) is 12.5. The molecule has 2 rings (SSSR count). The summed E-state index contributed by atoms with van der Waals surface area (Å²) in [7, 11) is 0. The fraction of sp³-hybridized carbons (Fsp3) is 0.600. The Balaban J connectivity index is 2.02. The van der Waals surface area contributed by atoms with Gasteiger partial charge in [-0.3, -0.25) is 0 Å². The van der Waals surface area contributed by atoms with Crippen molar-refractivity contribution in [1.82, 2.24) is 9.97 Å². The lowest BCUT2D eigenvalue weighted by molar-refractivity contribution is 0.222. The van der Waals surface area contributed by atoms with Crippen molar-refractivity contribution in [2.75, 3.05) is 11.9 Å². The van der Waals surface area contributed by atoms with Gasteiger partial charge in [0.1, 0.15) is 16.7 Å². The molecule has 0 aliphatic heterocycles. The predicted molar refractivity (Wildman–Crippen MR) is 61.6 cm³/mol. The monoisotopic (exact) mass is 271 g/mol. The molecule has 0 amide bonds. The maximum atomic E-state index is 9.19. The lowest BCUT2D eigenvalue weighted by Crippen LogP contribution is -2.26. The van der Waals surface area contributed by atoms with Gasteiger partial charge in [0, 0.05) is 24.6 Å². The van der Waals surface area contributed by atoms with Gasteiger partial charge < -0.3 is 10.4 Å². The topological polar surface area (TPSA) is 58.0 Å². The van der Waals surface area contributed by atoms with Crippen LogP contribution in [0, 0.1) is 5.92 Å². The summed E-state index contributed by atoms with van der Waals surface area (Å²) in [6.07, 6.45) is 4.90. The summed E-state index contributed by atoms with van der Waals surface area (Å²) in [6, 6.07) is 2.20. The van der Waals surface area contributed by atoms with Gasteiger partial charge in [-0.1, -0.05) is 6.42 Å². The third kappa shape index (κ3) is 2.66. The average molecular weight is 272 g/mol. The number of anilines is 1. The van der Waals surface area contributed by atoms with E-state index in [1.807, 2.05) is 6.07 Å². The fourth-order valence-corrected chi connectivity index (χ4v) is 2.36. The zero-order chi connectivity index (χ0) is 10.7. The molecule has 82 valence electrons. The van der Waals surface area contributed by atoms with E-state index in [2.05, 4.69) is 31.2 Å². The van der Waals surface area contributed by atoms with Gasteiger partial charge in [0.15, 0.2) is 0 Å². The van der Waals surface area contributed by atoms with Crippen LogP contribution in [0.5, 0.6) is 0 Å². The van der Waals surface area contributed by atoms with Crippen LogP contribution in [0.15, 0.2) is 17.0 Å². The van der Waals surface area contributed by atoms with Crippen molar-refractivity contribution >= 4 is 21.7 Å². The first kappa shape index (κ1) is 10.8. The number of hydrogen-bond acceptors (Lipinski definition) is 4. The summed E-state index contributed by atoms with van der Waals surface area (Å²) in [4.78, 5) is 8.11. The molecule has 0 aromatic carbocycles. The summed E-state index contributed by atoms with van der Waals surface area (Å²) in [6.45, 7) is 0.254. The smallest absolute Gasteiger partial charge is 0.130 e. The lowest BCUT2D eigenvalue weighted by Gasteiger charge is -2.19. The van der Waals surface area contributed by atoms with E-state index in [4.69, 9.17) is 0 Å². The van der Waals surface area contributed by atoms with Crippen LogP contribution in [0.2, 0.25) is 0 Å². The standard InChI is InChI=1S/C10H14BrN3O/c11-9-4-10(13-6-12-9)14-8-3-1-2-7(8)5-15/h4,6-8,15H,1-3,5H2,(H,12,13,14)/t7-,8-/m0/s1. The molecular formula is C10H14BrN3O. The molecule has 0 radical (unpaired) electrons. The molecule has 4 nitrogen and oxygen atoms in total. The molecule has 2 N–H and O–H groups in total. The highest BCUT2D eigenvalue weighted by Crippen LogP contribution is 2.27. The molecule has 0 unspecified atom stereocenters. The number of aliphatic hydroxyl groups is 1. The predicted octanol–water partition coefficient (Wildman–Crippen LogP) is 1.81. The Hall–Kier alpha value is -0.680. The maximum Gasteiger partial charge on any atom is 0.130 e. The van der Waals surface area contributed by atoms with Crippen LogP contribution < -0.4 is 5.32 Å². The number of aromatic nitrogens is 2. The second-order valence-corrected chi connectivity index (χ2v) is 4.66. The molecule has 5 heteroatoms. The zero-order valence-electron chi connectivity index (χ0n) is 8.36. The van der Waals surface area contributed by atoms with E-state index in [9.17, 15) is 5.11 Å². The number of halogens is 1. The van der Waals surface area contributed by atoms with Crippen LogP contribution in [-0.2, 0) is 0 Å². The molecule has 0 bridgehead atoms. The molecule has 1 aliphatic rings. The minimum absolute atomic E-state index is 0.254. The van der Waals surface area contributed by atoms with Crippen molar-refractivity contribution in [2.24, 2.45) is 5.92 Å². The number of nitrogens with one attached hydrogen (secondary N) is 1. The van der Waals surface area contributed by atoms with E-state index in [1.165, 1.54) is 12.7 Å². The Morgan fingerprint density at radius 1 is 1.47 bits per heavy atom. The van der Waals surface area contributed by atoms with E-state index >= 15 is 0 Å². The average Bonchev–Trinajstić information content (AvgIpc) is 2.65. The van der Waals surface area contributed by atoms with E-state index in [0.717, 1.165) is 23.3 Å². The Kier molecular flexibility index (Phi) is 3.53. The largest absolute Gasteiger partial charge is 0.396 e. The quantitative estimate of drug-likeness (QED) is 0.824. The molecule has 2 atom stereocenters. The molecule has 1 saturated carbocycles. The van der Waals surface area contributed by atoms with Gasteiger partial charge in [-0.15, -0.1) is 0 Å². The molecule has 1 aromatic rings. The van der Waals surface area contributed by atoms with Crippen LogP contribution in [0.25, 0.3) is 0 Å². The molecule has 15 heavy (non-hydrogen) atoms. The molecule has 1 aliphatic carbocycles. The second kappa shape index (κ2) is 4.90. The summed E-state index contributed by atoms with van der Waals surface area (Å²) in [5.41, 5.74) is 0. The van der Waals surface area contributed by atoms with Gasteiger partial charge in [0.25, 0.3) is 0 Å². The van der Waals surface area contributed by atoms with Gasteiger partial charge >= 0.3 is 0 Å². The SMILES string of the molecule is OC[C@@H]1CCC[C@@H]1Nc1cc(Br)ncn1. The van der Waals surface area contributed by atoms with Crippen LogP contribution in [0.4, 0.5) is 5.82 Å². The minimum atomic E-state index is 0.254. The van der Waals surface area contributed by atoms with Crippen LogP contribution in [0.3, 0.4) is 0 Å². The van der Waals surface area contributed by atoms with Crippen LogP contribution in [-0.4, -0.2) is 27.7 Å². The summed E-state index contributed by atoms with van der Waals surface area (Å²) in [5.74, 6) is 1.18. The van der Waals surface area contributed by atoms with E-state index < -0.39 is 0 Å². The highest BCUT2D eigenvalue weighted by Gasteiger charge is 2.26. The first-order valence-electron chi connectivity index (χ1n) is 5.14. The number of aliphatic hydroxyl groups excluding tert-OH is 1. The number of nitrogens with zero attached hydrogens (tertiary/aromatic N) is 2. The van der Waals surface area contributed by atoms with Crippen LogP contribution >= 0.6 is 15.9 Å². The first-order valence-corrected chi connectivity index (χ1v) is 5.94.